The van der Waals surface area contributed by atoms with E-state index < -0.39 is 6.10 Å². The maximum Gasteiger partial charge on any atom is 0.0969 e. The molecule has 0 amide bonds. The van der Waals surface area contributed by atoms with E-state index >= 15 is 0 Å². The fraction of sp³-hybridized carbons (Fsp3) is 0.833. The lowest BCUT2D eigenvalue weighted by atomic mass is 10.3. The van der Waals surface area contributed by atoms with Crippen LogP contribution in [0.4, 0.5) is 0 Å². The summed E-state index contributed by atoms with van der Waals surface area (Å²) in [7, 11) is 0. The van der Waals surface area contributed by atoms with Crippen LogP contribution < -0.4 is 5.32 Å². The van der Waals surface area contributed by atoms with Crippen LogP contribution in [0, 0.1) is 0 Å². The van der Waals surface area contributed by atoms with Gasteiger partial charge in [0.15, 0.2) is 0 Å². The first kappa shape index (κ1) is 15.1. The van der Waals surface area contributed by atoms with Crippen LogP contribution in [-0.2, 0) is 17.8 Å². The van der Waals surface area contributed by atoms with Gasteiger partial charge in [0.1, 0.15) is 0 Å². The van der Waals surface area contributed by atoms with E-state index in [9.17, 15) is 5.11 Å². The van der Waals surface area contributed by atoms with Gasteiger partial charge in [-0.15, -0.1) is 5.10 Å². The Morgan fingerprint density at radius 2 is 2.28 bits per heavy atom. The molecule has 0 aromatic carbocycles. The first-order valence-corrected chi connectivity index (χ1v) is 6.51. The van der Waals surface area contributed by atoms with E-state index in [0.717, 1.165) is 18.7 Å². The van der Waals surface area contributed by atoms with Crippen LogP contribution in [0.2, 0.25) is 0 Å². The molecule has 0 saturated carbocycles. The molecule has 1 atom stereocenters. The number of aliphatic hydroxyl groups is 1. The minimum Gasteiger partial charge on any atom is -0.389 e. The van der Waals surface area contributed by atoms with Crippen LogP contribution in [0.5, 0.6) is 0 Å². The van der Waals surface area contributed by atoms with E-state index in [1.165, 1.54) is 0 Å². The summed E-state index contributed by atoms with van der Waals surface area (Å²) < 4.78 is 6.99. The maximum absolute atomic E-state index is 9.75. The van der Waals surface area contributed by atoms with Crippen LogP contribution in [-0.4, -0.2) is 45.5 Å². The van der Waals surface area contributed by atoms with Crippen molar-refractivity contribution in [1.82, 2.24) is 20.3 Å². The number of nitrogens with one attached hydrogen (secondary N) is 1. The van der Waals surface area contributed by atoms with E-state index in [1.807, 2.05) is 20.0 Å². The average Bonchev–Trinajstić information content (AvgIpc) is 2.74. The van der Waals surface area contributed by atoms with Crippen molar-refractivity contribution < 1.29 is 9.84 Å². The number of nitrogens with zero attached hydrogens (tertiary/aromatic N) is 3. The average molecular weight is 256 g/mol. The number of aliphatic hydroxyl groups excluding tert-OH is 1. The van der Waals surface area contributed by atoms with Crippen LogP contribution >= 0.6 is 0 Å². The molecule has 2 N–H and O–H groups in total. The van der Waals surface area contributed by atoms with Gasteiger partial charge in [0.25, 0.3) is 0 Å². The zero-order valence-electron chi connectivity index (χ0n) is 11.5. The second kappa shape index (κ2) is 8.18. The Morgan fingerprint density at radius 1 is 1.50 bits per heavy atom. The summed E-state index contributed by atoms with van der Waals surface area (Å²) in [5, 5.41) is 21.0. The van der Waals surface area contributed by atoms with E-state index in [2.05, 4.69) is 22.6 Å². The van der Waals surface area contributed by atoms with Crippen LogP contribution in [0.3, 0.4) is 0 Å². The summed E-state index contributed by atoms with van der Waals surface area (Å²) in [6, 6.07) is 0. The van der Waals surface area contributed by atoms with Gasteiger partial charge in [-0.1, -0.05) is 12.1 Å². The first-order valence-electron chi connectivity index (χ1n) is 6.51. The second-order valence-electron chi connectivity index (χ2n) is 4.64. The van der Waals surface area contributed by atoms with Crippen molar-refractivity contribution in [2.45, 2.75) is 52.5 Å². The molecule has 0 radical (unpaired) electrons. The molecule has 0 aliphatic heterocycles. The zero-order valence-corrected chi connectivity index (χ0v) is 11.5. The van der Waals surface area contributed by atoms with Crippen LogP contribution in [0.15, 0.2) is 6.20 Å². The van der Waals surface area contributed by atoms with E-state index in [-0.39, 0.29) is 6.10 Å². The molecule has 1 unspecified atom stereocenters. The van der Waals surface area contributed by atoms with E-state index in [1.54, 1.807) is 4.68 Å². The predicted octanol–water partition coefficient (Wildman–Crippen LogP) is 0.564. The SMILES string of the molecule is CCCNCc1cn(CC(O)COC(C)C)nn1. The molecule has 18 heavy (non-hydrogen) atoms. The van der Waals surface area contributed by atoms with Gasteiger partial charge in [0.05, 0.1) is 31.1 Å². The lowest BCUT2D eigenvalue weighted by molar-refractivity contribution is -0.00221. The number of rotatable bonds is 9. The van der Waals surface area contributed by atoms with Gasteiger partial charge in [-0.05, 0) is 26.8 Å². The normalized spacial score (nSPS) is 13.2. The first-order chi connectivity index (χ1) is 8.61. The third-order valence-corrected chi connectivity index (χ3v) is 2.34. The third kappa shape index (κ3) is 6.09. The maximum atomic E-state index is 9.75. The molecule has 1 heterocycles. The molecule has 0 aliphatic rings. The lowest BCUT2D eigenvalue weighted by Crippen LogP contribution is -2.24. The molecular formula is C12H24N4O2. The highest BCUT2D eigenvalue weighted by Crippen LogP contribution is 1.98. The third-order valence-electron chi connectivity index (χ3n) is 2.34. The van der Waals surface area contributed by atoms with E-state index in [0.29, 0.717) is 19.7 Å². The highest BCUT2D eigenvalue weighted by Gasteiger charge is 2.08. The van der Waals surface area contributed by atoms with Crippen molar-refractivity contribution in [3.05, 3.63) is 11.9 Å². The molecule has 104 valence electrons. The summed E-state index contributed by atoms with van der Waals surface area (Å²) >= 11 is 0. The Kier molecular flexibility index (Phi) is 6.85. The molecule has 0 bridgehead atoms. The molecule has 1 aromatic heterocycles. The van der Waals surface area contributed by atoms with E-state index in [4.69, 9.17) is 4.74 Å². The number of hydrogen-bond donors (Lipinski definition) is 2. The molecule has 0 aliphatic carbocycles. The molecule has 1 rings (SSSR count). The summed E-state index contributed by atoms with van der Waals surface area (Å²) in [6.07, 6.45) is 2.52. The summed E-state index contributed by atoms with van der Waals surface area (Å²) in [4.78, 5) is 0. The summed E-state index contributed by atoms with van der Waals surface area (Å²) in [5.74, 6) is 0. The Labute approximate surface area is 108 Å². The van der Waals surface area contributed by atoms with Crippen LogP contribution in [0.1, 0.15) is 32.9 Å². The number of aromatic nitrogens is 3. The molecule has 6 nitrogen and oxygen atoms in total. The van der Waals surface area contributed by atoms with Crippen molar-refractivity contribution in [3.63, 3.8) is 0 Å². The van der Waals surface area contributed by atoms with Gasteiger partial charge >= 0.3 is 0 Å². The molecule has 6 heteroatoms. The minimum absolute atomic E-state index is 0.129. The smallest absolute Gasteiger partial charge is 0.0969 e. The number of ether oxygens (including phenoxy) is 1. The van der Waals surface area contributed by atoms with Gasteiger partial charge in [-0.3, -0.25) is 0 Å². The highest BCUT2D eigenvalue weighted by atomic mass is 16.5. The molecule has 0 spiro atoms. The molecule has 1 aromatic rings. The van der Waals surface area contributed by atoms with Crippen molar-refractivity contribution >= 4 is 0 Å². The number of hydrogen-bond acceptors (Lipinski definition) is 5. The Bertz CT molecular complexity index is 328. The molecule has 0 fully saturated rings. The topological polar surface area (TPSA) is 72.2 Å². The highest BCUT2D eigenvalue weighted by molar-refractivity contribution is 4.91. The van der Waals surface area contributed by atoms with Gasteiger partial charge in [-0.2, -0.15) is 0 Å². The molecule has 0 saturated heterocycles. The van der Waals surface area contributed by atoms with Crippen molar-refractivity contribution in [2.75, 3.05) is 13.2 Å². The van der Waals surface area contributed by atoms with Crippen molar-refractivity contribution in [2.24, 2.45) is 0 Å². The Morgan fingerprint density at radius 3 is 2.94 bits per heavy atom. The Hall–Kier alpha value is -0.980. The lowest BCUT2D eigenvalue weighted by Gasteiger charge is -2.12. The van der Waals surface area contributed by atoms with Crippen LogP contribution in [0.25, 0.3) is 0 Å². The van der Waals surface area contributed by atoms with Gasteiger partial charge < -0.3 is 15.2 Å². The standard InChI is InChI=1S/C12H24N4O2/c1-4-5-13-6-11-7-16(15-14-11)8-12(17)9-18-10(2)3/h7,10,12-13,17H,4-6,8-9H2,1-3H3. The Balaban J connectivity index is 2.29. The van der Waals surface area contributed by atoms with Crippen molar-refractivity contribution in [3.8, 4) is 0 Å². The fourth-order valence-electron chi connectivity index (χ4n) is 1.47. The monoisotopic (exact) mass is 256 g/mol. The van der Waals surface area contributed by atoms with Gasteiger partial charge in [0, 0.05) is 12.7 Å². The fourth-order valence-corrected chi connectivity index (χ4v) is 1.47. The predicted molar refractivity (Wildman–Crippen MR) is 69.1 cm³/mol. The summed E-state index contributed by atoms with van der Waals surface area (Å²) in [5.41, 5.74) is 0.889. The van der Waals surface area contributed by atoms with Crippen molar-refractivity contribution in [1.29, 1.82) is 0 Å². The zero-order chi connectivity index (χ0) is 13.4. The molecular weight excluding hydrogens is 232 g/mol. The summed E-state index contributed by atoms with van der Waals surface area (Å²) in [6.45, 7) is 8.42. The van der Waals surface area contributed by atoms with Gasteiger partial charge in [-0.25, -0.2) is 4.68 Å². The largest absolute Gasteiger partial charge is 0.389 e. The second-order valence-corrected chi connectivity index (χ2v) is 4.64. The van der Waals surface area contributed by atoms with Gasteiger partial charge in [0.2, 0.25) is 0 Å². The quantitative estimate of drug-likeness (QED) is 0.632. The minimum atomic E-state index is -0.550.